The average molecular weight is 529 g/mol. The van der Waals surface area contributed by atoms with Crippen molar-refractivity contribution in [1.29, 1.82) is 0 Å². The molecule has 0 radical (unpaired) electrons. The van der Waals surface area contributed by atoms with Crippen molar-refractivity contribution in [3.63, 3.8) is 0 Å². The van der Waals surface area contributed by atoms with Gasteiger partial charge in [-0.2, -0.15) is 13.2 Å². The summed E-state index contributed by atoms with van der Waals surface area (Å²) >= 11 is 5.67. The normalized spacial score (nSPS) is 14.8. The van der Waals surface area contributed by atoms with E-state index in [1.54, 1.807) is 12.1 Å². The topological polar surface area (TPSA) is 98.7 Å². The van der Waals surface area contributed by atoms with Gasteiger partial charge in [-0.3, -0.25) is 4.79 Å². The second-order valence-corrected chi connectivity index (χ2v) is 8.82. The molecule has 0 saturated heterocycles. The van der Waals surface area contributed by atoms with Crippen molar-refractivity contribution in [3.05, 3.63) is 93.0 Å². The van der Waals surface area contributed by atoms with Crippen molar-refractivity contribution in [2.24, 2.45) is 0 Å². The number of carboxylic acids is 1. The molecule has 0 aromatic heterocycles. The van der Waals surface area contributed by atoms with Crippen LogP contribution >= 0.6 is 11.6 Å². The maximum atomic E-state index is 13.2. The zero-order valence-corrected chi connectivity index (χ0v) is 20.3. The number of phenols is 1. The summed E-state index contributed by atoms with van der Waals surface area (Å²) in [7, 11) is 0. The maximum absolute atomic E-state index is 13.2. The molecule has 190 valence electrons. The highest BCUT2D eigenvalue weighted by atomic mass is 35.5. The van der Waals surface area contributed by atoms with Gasteiger partial charge in [0.25, 0.3) is 5.91 Å². The Morgan fingerprint density at radius 3 is 2.46 bits per heavy atom. The Morgan fingerprint density at radius 2 is 1.81 bits per heavy atom. The van der Waals surface area contributed by atoms with E-state index in [0.717, 1.165) is 29.3 Å². The van der Waals surface area contributed by atoms with Crippen LogP contribution in [0.15, 0.2) is 59.6 Å². The number of hydrogen-bond acceptors (Lipinski definition) is 4. The van der Waals surface area contributed by atoms with Crippen LogP contribution in [0.2, 0.25) is 0 Å². The Kier molecular flexibility index (Phi) is 6.75. The van der Waals surface area contributed by atoms with Crippen LogP contribution < -0.4 is 10.6 Å². The van der Waals surface area contributed by atoms with Crippen molar-refractivity contribution in [1.82, 2.24) is 0 Å². The lowest BCUT2D eigenvalue weighted by Gasteiger charge is -2.19. The summed E-state index contributed by atoms with van der Waals surface area (Å²) in [6.45, 7) is 3.72. The van der Waals surface area contributed by atoms with E-state index in [1.807, 2.05) is 19.9 Å². The van der Waals surface area contributed by atoms with E-state index < -0.39 is 28.6 Å². The number of fused-ring (bicyclic) bond motifs is 1. The second kappa shape index (κ2) is 9.67. The number of phenolic OH excluding ortho intramolecular Hbond substituents is 1. The number of carboxylic acid groups (broad SMARTS) is 1. The number of aromatic hydroxyl groups is 1. The van der Waals surface area contributed by atoms with Gasteiger partial charge in [0.05, 0.1) is 22.5 Å². The molecule has 0 unspecified atom stereocenters. The summed E-state index contributed by atoms with van der Waals surface area (Å²) in [5.41, 5.74) is 2.62. The molecule has 1 aliphatic rings. The number of alkyl halides is 3. The zero-order valence-electron chi connectivity index (χ0n) is 19.5. The predicted octanol–water partition coefficient (Wildman–Crippen LogP) is 6.62. The molecule has 3 aromatic rings. The number of anilines is 2. The van der Waals surface area contributed by atoms with Gasteiger partial charge in [-0.05, 0) is 60.9 Å². The number of hydrogen-bond donors (Lipinski definition) is 4. The van der Waals surface area contributed by atoms with E-state index in [2.05, 4.69) is 10.6 Å². The van der Waals surface area contributed by atoms with Crippen LogP contribution in [0.3, 0.4) is 0 Å². The minimum absolute atomic E-state index is 0.0208. The van der Waals surface area contributed by atoms with E-state index in [1.165, 1.54) is 24.3 Å². The lowest BCUT2D eigenvalue weighted by atomic mass is 9.94. The first-order valence-electron chi connectivity index (χ1n) is 10.9. The molecule has 1 heterocycles. The molecule has 0 atom stereocenters. The van der Waals surface area contributed by atoms with E-state index in [-0.39, 0.29) is 34.0 Å². The standard InChI is InChI=1S/C27H20ClF3N2O4/c1-13-4-3-5-17(14(13)2)24(32-20-9-6-15(11-22(20)34)10-19(28)26(36)37)23-18-8-7-16(27(29,30)31)12-21(18)33-25(23)35/h3-12,32,34H,1-2H3,(H,33,35)(H,36,37). The molecule has 0 bridgehead atoms. The minimum Gasteiger partial charge on any atom is -0.506 e. The van der Waals surface area contributed by atoms with Gasteiger partial charge in [-0.15, -0.1) is 0 Å². The molecule has 0 fully saturated rings. The number of rotatable bonds is 5. The Hall–Kier alpha value is -4.24. The molecule has 0 spiro atoms. The largest absolute Gasteiger partial charge is 0.506 e. The lowest BCUT2D eigenvalue weighted by molar-refractivity contribution is -0.137. The number of aryl methyl sites for hydroxylation is 1. The number of amides is 1. The summed E-state index contributed by atoms with van der Waals surface area (Å²) in [6, 6.07) is 12.7. The first kappa shape index (κ1) is 25.8. The monoisotopic (exact) mass is 528 g/mol. The highest BCUT2D eigenvalue weighted by molar-refractivity contribution is 6.43. The molecule has 6 nitrogen and oxygen atoms in total. The number of benzene rings is 3. The number of aliphatic carboxylic acids is 1. The van der Waals surface area contributed by atoms with E-state index >= 15 is 0 Å². The molecule has 10 heteroatoms. The molecule has 4 rings (SSSR count). The molecular weight excluding hydrogens is 509 g/mol. The lowest BCUT2D eigenvalue weighted by Crippen LogP contribution is -2.11. The smallest absolute Gasteiger partial charge is 0.416 e. The van der Waals surface area contributed by atoms with Crippen LogP contribution in [0.25, 0.3) is 17.3 Å². The average Bonchev–Trinajstić information content (AvgIpc) is 3.15. The van der Waals surface area contributed by atoms with Gasteiger partial charge in [0.2, 0.25) is 0 Å². The van der Waals surface area contributed by atoms with Gasteiger partial charge in [0.1, 0.15) is 10.8 Å². The van der Waals surface area contributed by atoms with Crippen molar-refractivity contribution in [3.8, 4) is 5.75 Å². The van der Waals surface area contributed by atoms with Gasteiger partial charge >= 0.3 is 12.1 Å². The van der Waals surface area contributed by atoms with Crippen LogP contribution in [0, 0.1) is 13.8 Å². The second-order valence-electron chi connectivity index (χ2n) is 8.41. The first-order valence-corrected chi connectivity index (χ1v) is 11.3. The van der Waals surface area contributed by atoms with Crippen molar-refractivity contribution in [2.45, 2.75) is 20.0 Å². The molecule has 1 amide bonds. The van der Waals surface area contributed by atoms with Gasteiger partial charge in [-0.1, -0.05) is 41.9 Å². The fraction of sp³-hybridized carbons (Fsp3) is 0.111. The Morgan fingerprint density at radius 1 is 1.08 bits per heavy atom. The first-order chi connectivity index (χ1) is 17.4. The summed E-state index contributed by atoms with van der Waals surface area (Å²) in [5.74, 6) is -2.20. The van der Waals surface area contributed by atoms with Gasteiger partial charge in [0.15, 0.2) is 0 Å². The van der Waals surface area contributed by atoms with E-state index in [4.69, 9.17) is 16.7 Å². The van der Waals surface area contributed by atoms with Crippen molar-refractivity contribution >= 4 is 52.2 Å². The van der Waals surface area contributed by atoms with Gasteiger partial charge in [0, 0.05) is 16.8 Å². The summed E-state index contributed by atoms with van der Waals surface area (Å²) in [6.07, 6.45) is -3.41. The summed E-state index contributed by atoms with van der Waals surface area (Å²) < 4.78 is 39.7. The summed E-state index contributed by atoms with van der Waals surface area (Å²) in [4.78, 5) is 24.1. The fourth-order valence-electron chi connectivity index (χ4n) is 3.97. The minimum atomic E-state index is -4.58. The highest BCUT2D eigenvalue weighted by Crippen LogP contribution is 2.42. The quantitative estimate of drug-likeness (QED) is 0.220. The van der Waals surface area contributed by atoms with Crippen LogP contribution in [0.1, 0.15) is 33.4 Å². The van der Waals surface area contributed by atoms with Gasteiger partial charge in [-0.25, -0.2) is 4.79 Å². The van der Waals surface area contributed by atoms with Crippen LogP contribution in [-0.2, 0) is 15.8 Å². The summed E-state index contributed by atoms with van der Waals surface area (Å²) in [5, 5.41) is 24.8. The van der Waals surface area contributed by atoms with Crippen molar-refractivity contribution in [2.75, 3.05) is 10.6 Å². The number of carbonyl (C=O) groups is 2. The third kappa shape index (κ3) is 5.17. The van der Waals surface area contributed by atoms with Crippen LogP contribution in [0.5, 0.6) is 5.75 Å². The Labute approximate surface area is 214 Å². The highest BCUT2D eigenvalue weighted by Gasteiger charge is 2.35. The van der Waals surface area contributed by atoms with Crippen molar-refractivity contribution < 1.29 is 33.0 Å². The van der Waals surface area contributed by atoms with E-state index in [9.17, 15) is 27.9 Å². The zero-order chi connectivity index (χ0) is 27.1. The molecule has 0 aliphatic carbocycles. The fourth-order valence-corrected chi connectivity index (χ4v) is 4.10. The number of nitrogens with one attached hydrogen (secondary N) is 2. The molecule has 4 N–H and O–H groups in total. The SMILES string of the molecule is Cc1cccc(C(Nc2ccc(C=C(Cl)C(=O)O)cc2O)=C2C(=O)Nc3cc(C(F)(F)F)ccc32)c1C. The molecular formula is C27H20ClF3N2O4. The maximum Gasteiger partial charge on any atom is 0.416 e. The molecule has 3 aromatic carbocycles. The third-order valence-corrected chi connectivity index (χ3v) is 6.27. The van der Waals surface area contributed by atoms with Crippen LogP contribution in [0.4, 0.5) is 24.5 Å². The van der Waals surface area contributed by atoms with Gasteiger partial charge < -0.3 is 20.8 Å². The third-order valence-electron chi connectivity index (χ3n) is 5.99. The van der Waals surface area contributed by atoms with E-state index in [0.29, 0.717) is 11.1 Å². The Balaban J connectivity index is 1.89. The molecule has 1 aliphatic heterocycles. The number of carbonyl (C=O) groups excluding carboxylic acids is 1. The van der Waals surface area contributed by atoms with Crippen LogP contribution in [-0.4, -0.2) is 22.1 Å². The Bertz CT molecular complexity index is 1510. The number of halogens is 4. The predicted molar refractivity (Wildman–Crippen MR) is 136 cm³/mol. The molecule has 0 saturated carbocycles. The molecule has 37 heavy (non-hydrogen) atoms.